The molecule has 2 heteroatoms. The molecule has 1 saturated heterocycles. The quantitative estimate of drug-likeness (QED) is 0.824. The Kier molecular flexibility index (Phi) is 5.53. The van der Waals surface area contributed by atoms with Crippen molar-refractivity contribution >= 4 is 0 Å². The summed E-state index contributed by atoms with van der Waals surface area (Å²) in [4.78, 5) is 2.62. The molecule has 1 heterocycles. The van der Waals surface area contributed by atoms with Crippen molar-refractivity contribution < 1.29 is 5.11 Å². The monoisotopic (exact) mass is 281 g/mol. The van der Waals surface area contributed by atoms with Crippen LogP contribution in [0.5, 0.6) is 0 Å². The lowest BCUT2D eigenvalue weighted by atomic mass is 9.76. The van der Waals surface area contributed by atoms with E-state index in [1.54, 1.807) is 0 Å². The van der Waals surface area contributed by atoms with Crippen LogP contribution in [0.15, 0.2) is 0 Å². The number of likely N-dealkylation sites (tertiary alicyclic amines) is 1. The van der Waals surface area contributed by atoms with Crippen molar-refractivity contribution in [3.05, 3.63) is 0 Å². The van der Waals surface area contributed by atoms with Crippen LogP contribution in [0.2, 0.25) is 0 Å². The molecule has 2 aliphatic rings. The predicted molar refractivity (Wildman–Crippen MR) is 85.8 cm³/mol. The van der Waals surface area contributed by atoms with Crippen LogP contribution in [0.25, 0.3) is 0 Å². The van der Waals surface area contributed by atoms with E-state index in [1.165, 1.54) is 51.6 Å². The van der Waals surface area contributed by atoms with Crippen molar-refractivity contribution in [2.75, 3.05) is 13.1 Å². The molecule has 20 heavy (non-hydrogen) atoms. The fourth-order valence-electron chi connectivity index (χ4n) is 4.29. The van der Waals surface area contributed by atoms with Crippen LogP contribution in [0, 0.1) is 17.3 Å². The van der Waals surface area contributed by atoms with E-state index in [9.17, 15) is 5.11 Å². The Labute approximate surface area is 125 Å². The van der Waals surface area contributed by atoms with Crippen molar-refractivity contribution in [2.24, 2.45) is 17.3 Å². The zero-order valence-electron chi connectivity index (χ0n) is 14.1. The maximum atomic E-state index is 10.4. The highest BCUT2D eigenvalue weighted by molar-refractivity contribution is 4.89. The summed E-state index contributed by atoms with van der Waals surface area (Å²) in [5.41, 5.74) is 0.438. The SMILES string of the molecule is CCC1CCC(O)C(N2CCCC(C(C)(C)C)CC2)C1. The third-order valence-corrected chi connectivity index (χ3v) is 5.92. The van der Waals surface area contributed by atoms with Gasteiger partial charge in [0.15, 0.2) is 0 Å². The highest BCUT2D eigenvalue weighted by atomic mass is 16.3. The van der Waals surface area contributed by atoms with Crippen molar-refractivity contribution in [2.45, 2.75) is 84.8 Å². The smallest absolute Gasteiger partial charge is 0.0695 e. The average Bonchev–Trinajstić information content (AvgIpc) is 2.64. The van der Waals surface area contributed by atoms with E-state index in [0.29, 0.717) is 11.5 Å². The Morgan fingerprint density at radius 3 is 2.45 bits per heavy atom. The Morgan fingerprint density at radius 1 is 1.05 bits per heavy atom. The molecule has 1 saturated carbocycles. The molecule has 1 aliphatic heterocycles. The second-order valence-corrected chi connectivity index (χ2v) is 8.25. The van der Waals surface area contributed by atoms with Crippen LogP contribution in [0.4, 0.5) is 0 Å². The Bertz CT molecular complexity index is 296. The van der Waals surface area contributed by atoms with E-state index in [-0.39, 0.29) is 6.10 Å². The fourth-order valence-corrected chi connectivity index (χ4v) is 4.29. The van der Waals surface area contributed by atoms with E-state index in [4.69, 9.17) is 0 Å². The van der Waals surface area contributed by atoms with E-state index >= 15 is 0 Å². The summed E-state index contributed by atoms with van der Waals surface area (Å²) in [5.74, 6) is 1.68. The van der Waals surface area contributed by atoms with E-state index in [0.717, 1.165) is 18.3 Å². The van der Waals surface area contributed by atoms with Gasteiger partial charge in [0.2, 0.25) is 0 Å². The van der Waals surface area contributed by atoms with Gasteiger partial charge in [-0.3, -0.25) is 4.90 Å². The highest BCUT2D eigenvalue weighted by Crippen LogP contribution is 2.36. The lowest BCUT2D eigenvalue weighted by molar-refractivity contribution is 0.00276. The van der Waals surface area contributed by atoms with Crippen molar-refractivity contribution in [3.8, 4) is 0 Å². The van der Waals surface area contributed by atoms with Gasteiger partial charge in [-0.05, 0) is 68.9 Å². The summed E-state index contributed by atoms with van der Waals surface area (Å²) in [7, 11) is 0. The number of nitrogens with zero attached hydrogens (tertiary/aromatic N) is 1. The molecule has 1 N–H and O–H groups in total. The minimum absolute atomic E-state index is 0.0796. The second kappa shape index (κ2) is 6.79. The summed E-state index contributed by atoms with van der Waals surface area (Å²) in [5, 5.41) is 10.4. The van der Waals surface area contributed by atoms with Crippen LogP contribution in [0.1, 0.15) is 72.6 Å². The molecule has 2 fully saturated rings. The molecule has 0 spiro atoms. The number of aliphatic hydroxyl groups is 1. The normalized spacial score (nSPS) is 37.6. The first-order valence-corrected chi connectivity index (χ1v) is 8.84. The first-order chi connectivity index (χ1) is 9.41. The van der Waals surface area contributed by atoms with Crippen molar-refractivity contribution in [1.82, 2.24) is 4.90 Å². The summed E-state index contributed by atoms with van der Waals surface area (Å²) in [6, 6.07) is 0.437. The van der Waals surface area contributed by atoms with Crippen LogP contribution < -0.4 is 0 Å². The number of aliphatic hydroxyl groups excluding tert-OH is 1. The van der Waals surface area contributed by atoms with Gasteiger partial charge in [0.1, 0.15) is 0 Å². The third-order valence-electron chi connectivity index (χ3n) is 5.92. The van der Waals surface area contributed by atoms with Gasteiger partial charge in [0.25, 0.3) is 0 Å². The summed E-state index contributed by atoms with van der Waals surface area (Å²) >= 11 is 0. The number of hydrogen-bond donors (Lipinski definition) is 1. The summed E-state index contributed by atoms with van der Waals surface area (Å²) in [6.45, 7) is 11.9. The molecule has 4 atom stereocenters. The lowest BCUT2D eigenvalue weighted by Crippen LogP contribution is -2.47. The molecule has 2 rings (SSSR count). The topological polar surface area (TPSA) is 23.5 Å². The average molecular weight is 281 g/mol. The van der Waals surface area contributed by atoms with E-state index < -0.39 is 0 Å². The van der Waals surface area contributed by atoms with Gasteiger partial charge in [0, 0.05) is 6.04 Å². The maximum absolute atomic E-state index is 10.4. The Hall–Kier alpha value is -0.0800. The first kappa shape index (κ1) is 16.3. The van der Waals surface area contributed by atoms with Crippen LogP contribution >= 0.6 is 0 Å². The van der Waals surface area contributed by atoms with Gasteiger partial charge in [-0.1, -0.05) is 34.1 Å². The number of rotatable bonds is 2. The molecule has 4 unspecified atom stereocenters. The van der Waals surface area contributed by atoms with E-state index in [2.05, 4.69) is 32.6 Å². The molecule has 0 amide bonds. The molecular formula is C18H35NO. The second-order valence-electron chi connectivity index (χ2n) is 8.25. The van der Waals surface area contributed by atoms with Gasteiger partial charge < -0.3 is 5.11 Å². The molecule has 0 aromatic rings. The van der Waals surface area contributed by atoms with Gasteiger partial charge in [-0.25, -0.2) is 0 Å². The van der Waals surface area contributed by atoms with Crippen LogP contribution in [0.3, 0.4) is 0 Å². The molecular weight excluding hydrogens is 246 g/mol. The Balaban J connectivity index is 1.95. The van der Waals surface area contributed by atoms with E-state index in [1.807, 2.05) is 0 Å². The minimum atomic E-state index is -0.0796. The molecule has 1 aliphatic carbocycles. The number of hydrogen-bond acceptors (Lipinski definition) is 2. The maximum Gasteiger partial charge on any atom is 0.0695 e. The van der Waals surface area contributed by atoms with Gasteiger partial charge in [-0.15, -0.1) is 0 Å². The predicted octanol–water partition coefficient (Wildman–Crippen LogP) is 4.07. The van der Waals surface area contributed by atoms with Gasteiger partial charge in [-0.2, -0.15) is 0 Å². The summed E-state index contributed by atoms with van der Waals surface area (Å²) in [6.07, 6.45) is 8.64. The zero-order chi connectivity index (χ0) is 14.8. The third kappa shape index (κ3) is 3.98. The molecule has 0 bridgehead atoms. The largest absolute Gasteiger partial charge is 0.391 e. The standard InChI is InChI=1S/C18H35NO/c1-5-14-8-9-17(20)16(13-14)19-11-6-7-15(10-12-19)18(2,3)4/h14-17,20H,5-13H2,1-4H3. The minimum Gasteiger partial charge on any atom is -0.391 e. The molecule has 118 valence electrons. The van der Waals surface area contributed by atoms with Gasteiger partial charge in [0.05, 0.1) is 6.10 Å². The van der Waals surface area contributed by atoms with Gasteiger partial charge >= 0.3 is 0 Å². The molecule has 0 aromatic heterocycles. The molecule has 0 aromatic carbocycles. The zero-order valence-corrected chi connectivity index (χ0v) is 14.1. The molecule has 0 radical (unpaired) electrons. The van der Waals surface area contributed by atoms with Crippen molar-refractivity contribution in [1.29, 1.82) is 0 Å². The Morgan fingerprint density at radius 2 is 1.80 bits per heavy atom. The summed E-state index contributed by atoms with van der Waals surface area (Å²) < 4.78 is 0. The molecule has 2 nitrogen and oxygen atoms in total. The van der Waals surface area contributed by atoms with Crippen molar-refractivity contribution in [3.63, 3.8) is 0 Å². The lowest BCUT2D eigenvalue weighted by Gasteiger charge is -2.40. The van der Waals surface area contributed by atoms with Crippen LogP contribution in [-0.2, 0) is 0 Å². The van der Waals surface area contributed by atoms with Crippen LogP contribution in [-0.4, -0.2) is 35.2 Å². The highest BCUT2D eigenvalue weighted by Gasteiger charge is 2.35. The fraction of sp³-hybridized carbons (Fsp3) is 1.00. The first-order valence-electron chi connectivity index (χ1n) is 8.84.